The molecule has 1 aromatic carbocycles. The number of halogens is 2. The van der Waals surface area contributed by atoms with E-state index in [4.69, 9.17) is 11.6 Å². The zero-order chi connectivity index (χ0) is 18.6. The van der Waals surface area contributed by atoms with Gasteiger partial charge in [-0.1, -0.05) is 17.7 Å². The quantitative estimate of drug-likeness (QED) is 0.750. The Morgan fingerprint density at radius 1 is 1.28 bits per heavy atom. The van der Waals surface area contributed by atoms with Gasteiger partial charge in [0.2, 0.25) is 15.9 Å². The average molecular weight is 391 g/mol. The van der Waals surface area contributed by atoms with Gasteiger partial charge in [0.15, 0.2) is 0 Å². The summed E-state index contributed by atoms with van der Waals surface area (Å²) in [6, 6.07) is 4.12. The molecule has 0 atom stereocenters. The van der Waals surface area contributed by atoms with Gasteiger partial charge < -0.3 is 4.90 Å². The third-order valence-electron chi connectivity index (χ3n) is 4.66. The van der Waals surface area contributed by atoms with Crippen molar-refractivity contribution in [1.29, 1.82) is 0 Å². The molecule has 0 saturated carbocycles. The first kappa shape index (κ1) is 20.1. The van der Waals surface area contributed by atoms with E-state index >= 15 is 0 Å². The van der Waals surface area contributed by atoms with Crippen LogP contribution in [0.1, 0.15) is 32.3 Å². The van der Waals surface area contributed by atoms with Crippen LogP contribution in [-0.2, 0) is 20.6 Å². The third kappa shape index (κ3) is 4.71. The van der Waals surface area contributed by atoms with Crippen molar-refractivity contribution in [3.63, 3.8) is 0 Å². The summed E-state index contributed by atoms with van der Waals surface area (Å²) in [5.41, 5.74) is -0.00879. The maximum atomic E-state index is 13.9. The van der Waals surface area contributed by atoms with Crippen LogP contribution < -0.4 is 0 Å². The van der Waals surface area contributed by atoms with E-state index in [1.807, 2.05) is 13.8 Å². The Bertz CT molecular complexity index is 694. The van der Waals surface area contributed by atoms with Crippen molar-refractivity contribution in [3.8, 4) is 0 Å². The topological polar surface area (TPSA) is 57.7 Å². The van der Waals surface area contributed by atoms with Gasteiger partial charge in [-0.3, -0.25) is 4.79 Å². The van der Waals surface area contributed by atoms with Crippen LogP contribution in [0.15, 0.2) is 18.2 Å². The van der Waals surface area contributed by atoms with Crippen LogP contribution in [0, 0.1) is 11.7 Å². The van der Waals surface area contributed by atoms with E-state index in [1.54, 1.807) is 4.90 Å². The first-order valence-electron chi connectivity index (χ1n) is 8.49. The lowest BCUT2D eigenvalue weighted by Gasteiger charge is -2.33. The summed E-state index contributed by atoms with van der Waals surface area (Å²) >= 11 is 5.93. The first-order valence-corrected chi connectivity index (χ1v) is 10.5. The maximum absolute atomic E-state index is 13.9. The second kappa shape index (κ2) is 8.47. The van der Waals surface area contributed by atoms with Crippen LogP contribution in [0.5, 0.6) is 0 Å². The molecule has 0 unspecified atom stereocenters. The third-order valence-corrected chi connectivity index (χ3v) is 6.82. The second-order valence-corrected chi connectivity index (χ2v) is 8.52. The molecule has 0 aliphatic carbocycles. The number of sulfonamides is 1. The molecule has 2 rings (SSSR count). The molecule has 5 nitrogen and oxygen atoms in total. The zero-order valence-electron chi connectivity index (χ0n) is 14.5. The zero-order valence-corrected chi connectivity index (χ0v) is 16.1. The van der Waals surface area contributed by atoms with E-state index < -0.39 is 21.6 Å². The van der Waals surface area contributed by atoms with Gasteiger partial charge in [-0.2, -0.15) is 0 Å². The lowest BCUT2D eigenvalue weighted by Crippen LogP contribution is -2.44. The van der Waals surface area contributed by atoms with Crippen molar-refractivity contribution < 1.29 is 17.6 Å². The predicted octanol–water partition coefficient (Wildman–Crippen LogP) is 2.89. The highest BCUT2D eigenvalue weighted by molar-refractivity contribution is 7.88. The van der Waals surface area contributed by atoms with E-state index in [1.165, 1.54) is 22.5 Å². The number of carbonyl (C=O) groups excluding carboxylic acids is 1. The molecule has 25 heavy (non-hydrogen) atoms. The van der Waals surface area contributed by atoms with Crippen molar-refractivity contribution in [2.45, 2.75) is 32.4 Å². The number of hydrogen-bond acceptors (Lipinski definition) is 3. The van der Waals surface area contributed by atoms with Crippen molar-refractivity contribution in [2.24, 2.45) is 5.92 Å². The fraction of sp³-hybridized carbons (Fsp3) is 0.588. The predicted molar refractivity (Wildman–Crippen MR) is 96.3 cm³/mol. The summed E-state index contributed by atoms with van der Waals surface area (Å²) in [6.45, 7) is 5.70. The molecule has 0 spiro atoms. The van der Waals surface area contributed by atoms with E-state index in [0.717, 1.165) is 0 Å². The molecule has 0 radical (unpaired) electrons. The SMILES string of the molecule is CCN(CC)C(=O)C1CCN(S(=O)(=O)Cc2c(F)cccc2Cl)CC1. The molecule has 8 heteroatoms. The van der Waals surface area contributed by atoms with Crippen LogP contribution in [0.2, 0.25) is 5.02 Å². The number of rotatable bonds is 6. The molecule has 1 aromatic rings. The van der Waals surface area contributed by atoms with Gasteiger partial charge in [0.25, 0.3) is 0 Å². The molecule has 1 heterocycles. The normalized spacial score (nSPS) is 16.8. The van der Waals surface area contributed by atoms with Crippen LogP contribution in [0.4, 0.5) is 4.39 Å². The Kier molecular flexibility index (Phi) is 6.82. The number of carbonyl (C=O) groups is 1. The number of hydrogen-bond donors (Lipinski definition) is 0. The Morgan fingerprint density at radius 2 is 1.88 bits per heavy atom. The summed E-state index contributed by atoms with van der Waals surface area (Å²) in [6.07, 6.45) is 0.971. The summed E-state index contributed by atoms with van der Waals surface area (Å²) in [4.78, 5) is 14.2. The molecule has 0 aromatic heterocycles. The van der Waals surface area contributed by atoms with Gasteiger partial charge in [0.1, 0.15) is 5.82 Å². The van der Waals surface area contributed by atoms with Gasteiger partial charge in [-0.25, -0.2) is 17.1 Å². The lowest BCUT2D eigenvalue weighted by molar-refractivity contribution is -0.136. The van der Waals surface area contributed by atoms with E-state index in [9.17, 15) is 17.6 Å². The van der Waals surface area contributed by atoms with Crippen LogP contribution >= 0.6 is 11.6 Å². The first-order chi connectivity index (χ1) is 11.8. The Balaban J connectivity index is 2.03. The van der Waals surface area contributed by atoms with Crippen molar-refractivity contribution in [3.05, 3.63) is 34.6 Å². The van der Waals surface area contributed by atoms with Gasteiger partial charge in [0.05, 0.1) is 5.75 Å². The number of benzene rings is 1. The Hall–Kier alpha value is -1.18. The van der Waals surface area contributed by atoms with Crippen LogP contribution in [-0.4, -0.2) is 49.7 Å². The highest BCUT2D eigenvalue weighted by Gasteiger charge is 2.33. The highest BCUT2D eigenvalue weighted by atomic mass is 35.5. The smallest absolute Gasteiger partial charge is 0.225 e. The molecule has 0 bridgehead atoms. The molecule has 1 fully saturated rings. The van der Waals surface area contributed by atoms with Crippen molar-refractivity contribution in [1.82, 2.24) is 9.21 Å². The minimum absolute atomic E-state index is 0.00879. The highest BCUT2D eigenvalue weighted by Crippen LogP contribution is 2.26. The van der Waals surface area contributed by atoms with Gasteiger partial charge in [-0.15, -0.1) is 0 Å². The number of amides is 1. The molecule has 1 aliphatic heterocycles. The van der Waals surface area contributed by atoms with Crippen LogP contribution in [0.25, 0.3) is 0 Å². The monoisotopic (exact) mass is 390 g/mol. The fourth-order valence-electron chi connectivity index (χ4n) is 3.12. The second-order valence-electron chi connectivity index (χ2n) is 6.14. The van der Waals surface area contributed by atoms with Crippen molar-refractivity contribution >= 4 is 27.5 Å². The van der Waals surface area contributed by atoms with Gasteiger partial charge in [0, 0.05) is 42.7 Å². The molecular formula is C17H24ClFN2O3S. The molecule has 140 valence electrons. The average Bonchev–Trinajstić information content (AvgIpc) is 2.59. The summed E-state index contributed by atoms with van der Waals surface area (Å²) < 4.78 is 40.4. The summed E-state index contributed by atoms with van der Waals surface area (Å²) in [7, 11) is -3.68. The Labute approximate surface area is 153 Å². The van der Waals surface area contributed by atoms with E-state index in [0.29, 0.717) is 25.9 Å². The molecular weight excluding hydrogens is 367 g/mol. The maximum Gasteiger partial charge on any atom is 0.225 e. The minimum Gasteiger partial charge on any atom is -0.343 e. The largest absolute Gasteiger partial charge is 0.343 e. The van der Waals surface area contributed by atoms with E-state index in [-0.39, 0.29) is 35.5 Å². The molecule has 1 saturated heterocycles. The Morgan fingerprint density at radius 3 is 2.40 bits per heavy atom. The molecule has 0 N–H and O–H groups in total. The van der Waals surface area contributed by atoms with Gasteiger partial charge >= 0.3 is 0 Å². The summed E-state index contributed by atoms with van der Waals surface area (Å²) in [5, 5.41) is 0.107. The number of piperidine rings is 1. The minimum atomic E-state index is -3.68. The standard InChI is InChI=1S/C17H24ClFN2O3S/c1-3-20(4-2)17(22)13-8-10-21(11-9-13)25(23,24)12-14-15(18)6-5-7-16(14)19/h5-7,13H,3-4,8-12H2,1-2H3. The summed E-state index contributed by atoms with van der Waals surface area (Å²) in [5.74, 6) is -1.15. The van der Waals surface area contributed by atoms with E-state index in [2.05, 4.69) is 0 Å². The molecule has 1 amide bonds. The number of nitrogens with zero attached hydrogens (tertiary/aromatic N) is 2. The molecule has 1 aliphatic rings. The van der Waals surface area contributed by atoms with Crippen molar-refractivity contribution in [2.75, 3.05) is 26.2 Å². The van der Waals surface area contributed by atoms with Crippen LogP contribution in [0.3, 0.4) is 0 Å². The fourth-order valence-corrected chi connectivity index (χ4v) is 5.04. The lowest BCUT2D eigenvalue weighted by atomic mass is 9.96. The van der Waals surface area contributed by atoms with Gasteiger partial charge in [-0.05, 0) is 38.8 Å².